The molecule has 4 rings (SSSR count). The van der Waals surface area contributed by atoms with Crippen LogP contribution in [-0.4, -0.2) is 28.5 Å². The Balaban J connectivity index is 1.55. The van der Waals surface area contributed by atoms with Crippen LogP contribution in [-0.2, 0) is 24.2 Å². The van der Waals surface area contributed by atoms with E-state index in [1.807, 2.05) is 47.4 Å². The summed E-state index contributed by atoms with van der Waals surface area (Å²) in [7, 11) is 0. The summed E-state index contributed by atoms with van der Waals surface area (Å²) in [5.41, 5.74) is 5.14. The Morgan fingerprint density at radius 2 is 1.92 bits per heavy atom. The van der Waals surface area contributed by atoms with E-state index in [9.17, 15) is 9.59 Å². The van der Waals surface area contributed by atoms with Gasteiger partial charge in [-0.25, -0.2) is 5.48 Å². The van der Waals surface area contributed by atoms with Gasteiger partial charge in [0.25, 0.3) is 5.91 Å². The second-order valence-electron chi connectivity index (χ2n) is 7.34. The molecule has 134 valence electrons. The quantitative estimate of drug-likeness (QED) is 0.661. The van der Waals surface area contributed by atoms with E-state index in [2.05, 4.69) is 0 Å². The van der Waals surface area contributed by atoms with Crippen LogP contribution < -0.4 is 5.48 Å². The van der Waals surface area contributed by atoms with E-state index in [1.54, 1.807) is 11.5 Å². The van der Waals surface area contributed by atoms with Crippen molar-refractivity contribution in [3.05, 3.63) is 70.8 Å². The summed E-state index contributed by atoms with van der Waals surface area (Å²) >= 11 is 0. The van der Waals surface area contributed by atoms with Gasteiger partial charge < -0.3 is 4.90 Å². The van der Waals surface area contributed by atoms with Gasteiger partial charge in [0.1, 0.15) is 0 Å². The number of carbonyl (C=O) groups is 2. The zero-order valence-corrected chi connectivity index (χ0v) is 14.6. The number of aryl methyl sites for hydroxylation is 1. The summed E-state index contributed by atoms with van der Waals surface area (Å²) < 4.78 is 0. The van der Waals surface area contributed by atoms with Crippen molar-refractivity contribution in [3.8, 4) is 0 Å². The van der Waals surface area contributed by atoms with E-state index in [0.717, 1.165) is 36.9 Å². The summed E-state index contributed by atoms with van der Waals surface area (Å²) in [6.07, 6.45) is 3.23. The lowest BCUT2D eigenvalue weighted by molar-refractivity contribution is -0.137. The van der Waals surface area contributed by atoms with Gasteiger partial charge in [0.15, 0.2) is 0 Å². The summed E-state index contributed by atoms with van der Waals surface area (Å²) in [5.74, 6) is -0.292. The molecule has 2 aliphatic rings. The average molecular weight is 350 g/mol. The van der Waals surface area contributed by atoms with Gasteiger partial charge in [0.05, 0.1) is 5.41 Å². The highest BCUT2D eigenvalue weighted by molar-refractivity contribution is 5.93. The lowest BCUT2D eigenvalue weighted by Crippen LogP contribution is -2.38. The minimum atomic E-state index is -0.518. The second kappa shape index (κ2) is 6.57. The minimum absolute atomic E-state index is 0.226. The van der Waals surface area contributed by atoms with Gasteiger partial charge in [-0.3, -0.25) is 14.8 Å². The molecule has 1 fully saturated rings. The first-order chi connectivity index (χ1) is 12.6. The number of rotatable bonds is 3. The first-order valence-electron chi connectivity index (χ1n) is 9.01. The van der Waals surface area contributed by atoms with Gasteiger partial charge in [-0.1, -0.05) is 36.4 Å². The largest absolute Gasteiger partial charge is 0.338 e. The van der Waals surface area contributed by atoms with Crippen LogP contribution in [0.3, 0.4) is 0 Å². The predicted molar refractivity (Wildman–Crippen MR) is 96.6 cm³/mol. The molecule has 0 saturated carbocycles. The lowest BCUT2D eigenvalue weighted by atomic mass is 9.70. The molecule has 0 radical (unpaired) electrons. The number of amides is 2. The Hall–Kier alpha value is -2.66. The van der Waals surface area contributed by atoms with Crippen LogP contribution >= 0.6 is 0 Å². The molecule has 26 heavy (non-hydrogen) atoms. The zero-order chi connectivity index (χ0) is 18.1. The van der Waals surface area contributed by atoms with E-state index in [4.69, 9.17) is 5.21 Å². The van der Waals surface area contributed by atoms with Gasteiger partial charge >= 0.3 is 0 Å². The predicted octanol–water partition coefficient (Wildman–Crippen LogP) is 2.71. The van der Waals surface area contributed by atoms with Gasteiger partial charge in [-0.05, 0) is 54.5 Å². The van der Waals surface area contributed by atoms with Crippen LogP contribution in [0.25, 0.3) is 0 Å². The minimum Gasteiger partial charge on any atom is -0.338 e. The van der Waals surface area contributed by atoms with Crippen LogP contribution in [0.5, 0.6) is 0 Å². The maximum Gasteiger partial charge on any atom is 0.274 e. The average Bonchev–Trinajstić information content (AvgIpc) is 2.97. The molecule has 2 aromatic rings. The first kappa shape index (κ1) is 16.8. The van der Waals surface area contributed by atoms with Crippen molar-refractivity contribution in [1.29, 1.82) is 0 Å². The lowest BCUT2D eigenvalue weighted by Gasteiger charge is -2.33. The number of hydrogen-bond donors (Lipinski definition) is 2. The van der Waals surface area contributed by atoms with Crippen molar-refractivity contribution in [2.75, 3.05) is 6.54 Å². The fourth-order valence-electron chi connectivity index (χ4n) is 4.31. The molecule has 5 nitrogen and oxygen atoms in total. The Morgan fingerprint density at radius 1 is 1.12 bits per heavy atom. The number of fused-ring (bicyclic) bond motifs is 1. The molecule has 1 saturated heterocycles. The third kappa shape index (κ3) is 2.88. The van der Waals surface area contributed by atoms with E-state index < -0.39 is 5.91 Å². The molecular weight excluding hydrogens is 328 g/mol. The number of nitrogens with one attached hydrogen (secondary N) is 1. The molecule has 0 bridgehead atoms. The molecule has 1 spiro atoms. The molecule has 0 aromatic heterocycles. The molecule has 1 aliphatic carbocycles. The Bertz CT molecular complexity index is 850. The van der Waals surface area contributed by atoms with Gasteiger partial charge in [-0.15, -0.1) is 0 Å². The highest BCUT2D eigenvalue weighted by Gasteiger charge is 2.47. The standard InChI is InChI=1S/C21H22N2O3/c24-19(22-26)17-7-6-16-8-9-21(13-18(16)12-17)10-11-23(20(21)25)14-15-4-2-1-3-5-15/h1-7,12,26H,8-11,13-14H2,(H,22,24)/t21-/m0/s1. The van der Waals surface area contributed by atoms with Crippen molar-refractivity contribution in [3.63, 3.8) is 0 Å². The van der Waals surface area contributed by atoms with Gasteiger partial charge in [-0.2, -0.15) is 0 Å². The molecular formula is C21H22N2O3. The fraction of sp³-hybridized carbons (Fsp3) is 0.333. The van der Waals surface area contributed by atoms with Crippen LogP contribution in [0.4, 0.5) is 0 Å². The topological polar surface area (TPSA) is 69.6 Å². The Morgan fingerprint density at radius 3 is 2.69 bits per heavy atom. The molecule has 2 aromatic carbocycles. The molecule has 1 atom stereocenters. The summed E-state index contributed by atoms with van der Waals surface area (Å²) in [6, 6.07) is 15.5. The van der Waals surface area contributed by atoms with Crippen molar-refractivity contribution in [2.45, 2.75) is 32.2 Å². The summed E-state index contributed by atoms with van der Waals surface area (Å²) in [4.78, 5) is 26.8. The maximum atomic E-state index is 13.2. The van der Waals surface area contributed by atoms with Crippen LogP contribution in [0.15, 0.2) is 48.5 Å². The highest BCUT2D eigenvalue weighted by Crippen LogP contribution is 2.44. The maximum absolute atomic E-state index is 13.2. The van der Waals surface area contributed by atoms with E-state index in [0.29, 0.717) is 18.5 Å². The number of hydroxylamine groups is 1. The third-order valence-electron chi connectivity index (χ3n) is 5.79. The molecule has 2 amide bonds. The Labute approximate surface area is 152 Å². The van der Waals surface area contributed by atoms with Crippen LogP contribution in [0.1, 0.15) is 39.9 Å². The monoisotopic (exact) mass is 350 g/mol. The zero-order valence-electron chi connectivity index (χ0n) is 14.6. The third-order valence-corrected chi connectivity index (χ3v) is 5.79. The first-order valence-corrected chi connectivity index (χ1v) is 9.01. The number of nitrogens with zero attached hydrogens (tertiary/aromatic N) is 1. The highest BCUT2D eigenvalue weighted by atomic mass is 16.5. The van der Waals surface area contributed by atoms with E-state index >= 15 is 0 Å². The number of benzene rings is 2. The number of hydrogen-bond acceptors (Lipinski definition) is 3. The molecule has 1 aliphatic heterocycles. The van der Waals surface area contributed by atoms with Crippen LogP contribution in [0.2, 0.25) is 0 Å². The summed E-state index contributed by atoms with van der Waals surface area (Å²) in [5, 5.41) is 8.85. The summed E-state index contributed by atoms with van der Waals surface area (Å²) in [6.45, 7) is 1.43. The molecule has 1 heterocycles. The molecule has 0 unspecified atom stereocenters. The van der Waals surface area contributed by atoms with Gasteiger partial charge in [0, 0.05) is 18.7 Å². The van der Waals surface area contributed by atoms with Crippen molar-refractivity contribution in [1.82, 2.24) is 10.4 Å². The van der Waals surface area contributed by atoms with Crippen molar-refractivity contribution >= 4 is 11.8 Å². The van der Waals surface area contributed by atoms with Gasteiger partial charge in [0.2, 0.25) is 5.91 Å². The van der Waals surface area contributed by atoms with E-state index in [1.165, 1.54) is 5.56 Å². The van der Waals surface area contributed by atoms with Crippen molar-refractivity contribution < 1.29 is 14.8 Å². The van der Waals surface area contributed by atoms with Crippen molar-refractivity contribution in [2.24, 2.45) is 5.41 Å². The second-order valence-corrected chi connectivity index (χ2v) is 7.34. The SMILES string of the molecule is O=C(NO)c1ccc2c(c1)C[C@]1(CC2)CCN(Cc2ccccc2)C1=O. The molecule has 5 heteroatoms. The fourth-order valence-corrected chi connectivity index (χ4v) is 4.31. The normalized spacial score (nSPS) is 21.7. The van der Waals surface area contributed by atoms with E-state index in [-0.39, 0.29) is 11.3 Å². The van der Waals surface area contributed by atoms with Crippen LogP contribution in [0, 0.1) is 5.41 Å². The Kier molecular flexibility index (Phi) is 4.24. The molecule has 2 N–H and O–H groups in total. The number of likely N-dealkylation sites (tertiary alicyclic amines) is 1. The smallest absolute Gasteiger partial charge is 0.274 e. The number of carbonyl (C=O) groups excluding carboxylic acids is 2.